The highest BCUT2D eigenvalue weighted by Gasteiger charge is 2.25. The van der Waals surface area contributed by atoms with Crippen molar-refractivity contribution < 1.29 is 9.18 Å². The molecule has 0 aliphatic carbocycles. The number of urea groups is 1. The number of aromatic nitrogens is 1. The molecular formula is C19H22ClFN4O. The number of rotatable bonds is 2. The number of hydrogen-bond donors (Lipinski definition) is 2. The van der Waals surface area contributed by atoms with E-state index < -0.39 is 0 Å². The predicted molar refractivity (Wildman–Crippen MR) is 101 cm³/mol. The minimum Gasteiger partial charge on any atom is -0.317 e. The van der Waals surface area contributed by atoms with Crippen molar-refractivity contribution in [1.29, 1.82) is 0 Å². The molecule has 26 heavy (non-hydrogen) atoms. The molecule has 138 valence electrons. The molecule has 0 unspecified atom stereocenters. The maximum absolute atomic E-state index is 13.2. The predicted octanol–water partition coefficient (Wildman–Crippen LogP) is 3.66. The minimum absolute atomic E-state index is 0. The van der Waals surface area contributed by atoms with Crippen LogP contribution < -0.4 is 10.6 Å². The number of anilines is 1. The monoisotopic (exact) mass is 376 g/mol. The number of nitrogens with zero attached hydrogens (tertiary/aromatic N) is 2. The summed E-state index contributed by atoms with van der Waals surface area (Å²) < 4.78 is 13.2. The summed E-state index contributed by atoms with van der Waals surface area (Å²) in [4.78, 5) is 18.1. The first kappa shape index (κ1) is 18.6. The van der Waals surface area contributed by atoms with Crippen LogP contribution in [0.4, 0.5) is 14.9 Å². The Morgan fingerprint density at radius 2 is 1.92 bits per heavy atom. The van der Waals surface area contributed by atoms with Gasteiger partial charge in [-0.1, -0.05) is 12.1 Å². The second kappa shape index (κ2) is 8.01. The first-order valence-electron chi connectivity index (χ1n) is 8.69. The van der Waals surface area contributed by atoms with Gasteiger partial charge in [-0.05, 0) is 61.2 Å². The van der Waals surface area contributed by atoms with Crippen LogP contribution >= 0.6 is 12.4 Å². The fourth-order valence-corrected chi connectivity index (χ4v) is 3.57. The van der Waals surface area contributed by atoms with Crippen LogP contribution in [0, 0.1) is 5.82 Å². The Kier molecular flexibility index (Phi) is 5.74. The molecule has 7 heteroatoms. The standard InChI is InChI=1S/C19H21FN4O.ClH/c20-16-9-15-11-24(12-18(15)22-10-16)19(25)23-17-3-1-13(2-4-17)14-5-7-21-8-6-14;/h1-4,9-10,14,21H,5-8,11-12H2,(H,23,25);1H. The Labute approximate surface area is 158 Å². The quantitative estimate of drug-likeness (QED) is 0.841. The van der Waals surface area contributed by atoms with Crippen LogP contribution in [0.15, 0.2) is 36.5 Å². The number of amides is 2. The third-order valence-corrected chi connectivity index (χ3v) is 4.99. The molecule has 0 spiro atoms. The second-order valence-electron chi connectivity index (χ2n) is 6.69. The fraction of sp³-hybridized carbons (Fsp3) is 0.368. The number of carbonyl (C=O) groups is 1. The summed E-state index contributed by atoms with van der Waals surface area (Å²) in [6.45, 7) is 2.92. The normalized spacial score (nSPS) is 16.7. The van der Waals surface area contributed by atoms with Gasteiger partial charge in [0.25, 0.3) is 0 Å². The van der Waals surface area contributed by atoms with Crippen molar-refractivity contribution in [2.24, 2.45) is 0 Å². The van der Waals surface area contributed by atoms with E-state index >= 15 is 0 Å². The van der Waals surface area contributed by atoms with Gasteiger partial charge < -0.3 is 15.5 Å². The van der Waals surface area contributed by atoms with Crippen molar-refractivity contribution in [1.82, 2.24) is 15.2 Å². The van der Waals surface area contributed by atoms with Gasteiger partial charge >= 0.3 is 6.03 Å². The second-order valence-corrected chi connectivity index (χ2v) is 6.69. The maximum atomic E-state index is 13.2. The van der Waals surface area contributed by atoms with E-state index in [0.29, 0.717) is 19.0 Å². The van der Waals surface area contributed by atoms with E-state index in [1.54, 1.807) is 4.90 Å². The molecule has 5 nitrogen and oxygen atoms in total. The van der Waals surface area contributed by atoms with E-state index in [2.05, 4.69) is 27.8 Å². The summed E-state index contributed by atoms with van der Waals surface area (Å²) in [5.74, 6) is 0.231. The van der Waals surface area contributed by atoms with Gasteiger partial charge in [-0.15, -0.1) is 12.4 Å². The van der Waals surface area contributed by atoms with E-state index in [1.165, 1.54) is 17.8 Å². The summed E-state index contributed by atoms with van der Waals surface area (Å²) >= 11 is 0. The van der Waals surface area contributed by atoms with Crippen LogP contribution in [0.2, 0.25) is 0 Å². The number of carbonyl (C=O) groups excluding carboxylic acids is 1. The summed E-state index contributed by atoms with van der Waals surface area (Å²) in [6, 6.07) is 9.37. The highest BCUT2D eigenvalue weighted by molar-refractivity contribution is 5.89. The molecule has 1 aromatic heterocycles. The summed E-state index contributed by atoms with van der Waals surface area (Å²) in [7, 11) is 0. The average Bonchev–Trinajstić information content (AvgIpc) is 3.06. The van der Waals surface area contributed by atoms with Crippen LogP contribution in [0.5, 0.6) is 0 Å². The van der Waals surface area contributed by atoms with Crippen LogP contribution in [0.25, 0.3) is 0 Å². The van der Waals surface area contributed by atoms with E-state index in [0.717, 1.165) is 42.9 Å². The molecular weight excluding hydrogens is 355 g/mol. The zero-order chi connectivity index (χ0) is 17.2. The molecule has 0 radical (unpaired) electrons. The number of nitrogens with one attached hydrogen (secondary N) is 2. The Bertz CT molecular complexity index is 778. The minimum atomic E-state index is -0.366. The SMILES string of the molecule is Cl.O=C(Nc1ccc(C2CCNCC2)cc1)N1Cc2cc(F)cnc2C1. The number of pyridine rings is 1. The van der Waals surface area contributed by atoms with Gasteiger partial charge in [0.15, 0.2) is 0 Å². The van der Waals surface area contributed by atoms with Crippen molar-refractivity contribution in [2.45, 2.75) is 31.8 Å². The van der Waals surface area contributed by atoms with Gasteiger partial charge in [-0.3, -0.25) is 4.98 Å². The smallest absolute Gasteiger partial charge is 0.317 e. The topological polar surface area (TPSA) is 57.3 Å². The van der Waals surface area contributed by atoms with Gasteiger partial charge in [-0.25, -0.2) is 9.18 Å². The van der Waals surface area contributed by atoms with Gasteiger partial charge in [0.1, 0.15) is 5.82 Å². The van der Waals surface area contributed by atoms with Crippen LogP contribution in [0.3, 0.4) is 0 Å². The van der Waals surface area contributed by atoms with Gasteiger partial charge in [0.05, 0.1) is 18.4 Å². The third kappa shape index (κ3) is 3.97. The first-order valence-corrected chi connectivity index (χ1v) is 8.69. The number of halogens is 2. The average molecular weight is 377 g/mol. The molecule has 0 saturated carbocycles. The highest BCUT2D eigenvalue weighted by Crippen LogP contribution is 2.27. The van der Waals surface area contributed by atoms with Crippen LogP contribution in [-0.2, 0) is 13.1 Å². The Balaban J connectivity index is 0.00000196. The molecule has 2 aliphatic heterocycles. The van der Waals surface area contributed by atoms with Crippen LogP contribution in [0.1, 0.15) is 35.6 Å². The first-order chi connectivity index (χ1) is 12.2. The molecule has 2 amide bonds. The lowest BCUT2D eigenvalue weighted by molar-refractivity contribution is 0.212. The molecule has 0 bridgehead atoms. The van der Waals surface area contributed by atoms with Crippen molar-refractivity contribution in [3.05, 3.63) is 59.2 Å². The van der Waals surface area contributed by atoms with Gasteiger partial charge in [0.2, 0.25) is 0 Å². The molecule has 1 aromatic carbocycles. The zero-order valence-corrected chi connectivity index (χ0v) is 15.2. The number of piperidine rings is 1. The number of fused-ring (bicyclic) bond motifs is 1. The zero-order valence-electron chi connectivity index (χ0n) is 14.4. The number of hydrogen-bond acceptors (Lipinski definition) is 3. The Hall–Kier alpha value is -2.18. The van der Waals surface area contributed by atoms with Crippen LogP contribution in [-0.4, -0.2) is 29.0 Å². The van der Waals surface area contributed by atoms with Crippen molar-refractivity contribution in [3.63, 3.8) is 0 Å². The highest BCUT2D eigenvalue weighted by atomic mass is 35.5. The van der Waals surface area contributed by atoms with E-state index in [1.807, 2.05) is 12.1 Å². The van der Waals surface area contributed by atoms with E-state index in [-0.39, 0.29) is 24.3 Å². The lowest BCUT2D eigenvalue weighted by atomic mass is 9.90. The van der Waals surface area contributed by atoms with Crippen molar-refractivity contribution in [3.8, 4) is 0 Å². The molecule has 0 atom stereocenters. The van der Waals surface area contributed by atoms with Crippen molar-refractivity contribution in [2.75, 3.05) is 18.4 Å². The molecule has 1 saturated heterocycles. The largest absolute Gasteiger partial charge is 0.322 e. The fourth-order valence-electron chi connectivity index (χ4n) is 3.57. The molecule has 2 aliphatic rings. The summed E-state index contributed by atoms with van der Waals surface area (Å²) in [5.41, 5.74) is 3.64. The maximum Gasteiger partial charge on any atom is 0.322 e. The molecule has 4 rings (SSSR count). The number of benzene rings is 1. The summed E-state index contributed by atoms with van der Waals surface area (Å²) in [6.07, 6.45) is 3.50. The van der Waals surface area contributed by atoms with E-state index in [9.17, 15) is 9.18 Å². The molecule has 2 aromatic rings. The lowest BCUT2D eigenvalue weighted by Gasteiger charge is -2.23. The van der Waals surface area contributed by atoms with E-state index in [4.69, 9.17) is 0 Å². The Morgan fingerprint density at radius 1 is 1.19 bits per heavy atom. The molecule has 2 N–H and O–H groups in total. The molecule has 3 heterocycles. The van der Waals surface area contributed by atoms with Crippen molar-refractivity contribution >= 4 is 24.1 Å². The Morgan fingerprint density at radius 3 is 2.65 bits per heavy atom. The third-order valence-electron chi connectivity index (χ3n) is 4.99. The lowest BCUT2D eigenvalue weighted by Crippen LogP contribution is -2.30. The molecule has 1 fully saturated rings. The van der Waals surface area contributed by atoms with Gasteiger partial charge in [0, 0.05) is 12.2 Å². The summed E-state index contributed by atoms with van der Waals surface area (Å²) in [5, 5.41) is 6.29. The van der Waals surface area contributed by atoms with Gasteiger partial charge in [-0.2, -0.15) is 0 Å².